The van der Waals surface area contributed by atoms with Gasteiger partial charge in [0.05, 0.1) is 0 Å². The van der Waals surface area contributed by atoms with Crippen LogP contribution in [0.15, 0.2) is 0 Å². The monoisotopic (exact) mass is 200 g/mol. The number of nitrogens with two attached hydrogens (primary N) is 1. The van der Waals surface area contributed by atoms with Crippen LogP contribution in [0.25, 0.3) is 0 Å². The molecule has 3 N–H and O–H groups in total. The van der Waals surface area contributed by atoms with E-state index in [9.17, 15) is 0 Å². The van der Waals surface area contributed by atoms with Crippen molar-refractivity contribution in [2.45, 2.75) is 44.7 Å². The van der Waals surface area contributed by atoms with Crippen LogP contribution in [0.4, 0.5) is 0 Å². The van der Waals surface area contributed by atoms with Crippen molar-refractivity contribution >= 4 is 0 Å². The van der Waals surface area contributed by atoms with E-state index in [0.717, 1.165) is 25.6 Å². The molecule has 0 spiro atoms. The standard InChI is InChI=1S/C11H24N2O/c1-9(12)3-4-11(13-2)10-5-7-14-8-6-10/h9-11,13H,3-8,12H2,1-2H3. The molecule has 1 heterocycles. The Morgan fingerprint density at radius 3 is 2.50 bits per heavy atom. The van der Waals surface area contributed by atoms with E-state index in [-0.39, 0.29) is 0 Å². The molecule has 1 saturated heterocycles. The Labute approximate surface area is 87.4 Å². The minimum absolute atomic E-state index is 0.325. The van der Waals surface area contributed by atoms with Crippen LogP contribution in [-0.2, 0) is 4.74 Å². The number of nitrogens with one attached hydrogen (secondary N) is 1. The molecule has 0 aliphatic carbocycles. The zero-order valence-corrected chi connectivity index (χ0v) is 9.46. The third kappa shape index (κ3) is 3.95. The van der Waals surface area contributed by atoms with Gasteiger partial charge in [0.25, 0.3) is 0 Å². The van der Waals surface area contributed by atoms with Gasteiger partial charge < -0.3 is 15.8 Å². The Balaban J connectivity index is 2.28. The van der Waals surface area contributed by atoms with Crippen molar-refractivity contribution in [3.63, 3.8) is 0 Å². The summed E-state index contributed by atoms with van der Waals surface area (Å²) in [5.41, 5.74) is 5.77. The summed E-state index contributed by atoms with van der Waals surface area (Å²) in [4.78, 5) is 0. The average Bonchev–Trinajstić information content (AvgIpc) is 2.20. The number of hydrogen-bond acceptors (Lipinski definition) is 3. The first kappa shape index (κ1) is 12.0. The summed E-state index contributed by atoms with van der Waals surface area (Å²) in [6, 6.07) is 0.954. The summed E-state index contributed by atoms with van der Waals surface area (Å²) in [6.45, 7) is 3.94. The van der Waals surface area contributed by atoms with E-state index in [0.29, 0.717) is 12.1 Å². The molecule has 1 rings (SSSR count). The van der Waals surface area contributed by atoms with E-state index in [1.165, 1.54) is 19.3 Å². The first-order valence-electron chi connectivity index (χ1n) is 5.74. The van der Waals surface area contributed by atoms with E-state index >= 15 is 0 Å². The van der Waals surface area contributed by atoms with Gasteiger partial charge in [0.2, 0.25) is 0 Å². The van der Waals surface area contributed by atoms with Crippen LogP contribution in [0.5, 0.6) is 0 Å². The second-order valence-electron chi connectivity index (χ2n) is 4.40. The third-order valence-corrected chi connectivity index (χ3v) is 3.14. The minimum atomic E-state index is 0.325. The van der Waals surface area contributed by atoms with Crippen LogP contribution >= 0.6 is 0 Å². The van der Waals surface area contributed by atoms with Gasteiger partial charge in [0.15, 0.2) is 0 Å². The molecule has 2 unspecified atom stereocenters. The SMILES string of the molecule is CNC(CCC(C)N)C1CCOCC1. The van der Waals surface area contributed by atoms with E-state index in [1.807, 2.05) is 0 Å². The van der Waals surface area contributed by atoms with Crippen molar-refractivity contribution in [3.8, 4) is 0 Å². The van der Waals surface area contributed by atoms with Gasteiger partial charge in [-0.3, -0.25) is 0 Å². The van der Waals surface area contributed by atoms with E-state index in [1.54, 1.807) is 0 Å². The molecule has 2 atom stereocenters. The Bertz CT molecular complexity index is 144. The fourth-order valence-corrected chi connectivity index (χ4v) is 2.18. The molecule has 0 aromatic carbocycles. The molecule has 1 aliphatic rings. The largest absolute Gasteiger partial charge is 0.381 e. The molecule has 14 heavy (non-hydrogen) atoms. The van der Waals surface area contributed by atoms with Gasteiger partial charge in [-0.05, 0) is 45.6 Å². The Morgan fingerprint density at radius 1 is 1.36 bits per heavy atom. The highest BCUT2D eigenvalue weighted by atomic mass is 16.5. The fourth-order valence-electron chi connectivity index (χ4n) is 2.18. The smallest absolute Gasteiger partial charge is 0.0469 e. The van der Waals surface area contributed by atoms with E-state index in [4.69, 9.17) is 10.5 Å². The second-order valence-corrected chi connectivity index (χ2v) is 4.40. The van der Waals surface area contributed by atoms with Crippen LogP contribution in [-0.4, -0.2) is 32.3 Å². The predicted octanol–water partition coefficient (Wildman–Crippen LogP) is 1.13. The molecule has 0 radical (unpaired) electrons. The fraction of sp³-hybridized carbons (Fsp3) is 1.00. The van der Waals surface area contributed by atoms with Gasteiger partial charge in [0, 0.05) is 25.3 Å². The lowest BCUT2D eigenvalue weighted by molar-refractivity contribution is 0.0532. The molecule has 0 aromatic rings. The molecule has 0 amide bonds. The molecule has 3 heteroatoms. The normalized spacial score (nSPS) is 23.4. The van der Waals surface area contributed by atoms with Crippen LogP contribution < -0.4 is 11.1 Å². The predicted molar refractivity (Wildman–Crippen MR) is 59.3 cm³/mol. The number of ether oxygens (including phenoxy) is 1. The molecular weight excluding hydrogens is 176 g/mol. The van der Waals surface area contributed by atoms with Crippen LogP contribution in [0, 0.1) is 5.92 Å². The highest BCUT2D eigenvalue weighted by Gasteiger charge is 2.22. The molecule has 0 saturated carbocycles. The lowest BCUT2D eigenvalue weighted by atomic mass is 9.88. The van der Waals surface area contributed by atoms with Crippen molar-refractivity contribution in [1.29, 1.82) is 0 Å². The molecule has 1 fully saturated rings. The van der Waals surface area contributed by atoms with E-state index in [2.05, 4.69) is 19.3 Å². The summed E-state index contributed by atoms with van der Waals surface area (Å²) >= 11 is 0. The zero-order valence-electron chi connectivity index (χ0n) is 9.46. The average molecular weight is 200 g/mol. The first-order chi connectivity index (χ1) is 6.74. The van der Waals surface area contributed by atoms with Crippen LogP contribution in [0.1, 0.15) is 32.6 Å². The number of rotatable bonds is 5. The highest BCUT2D eigenvalue weighted by molar-refractivity contribution is 4.78. The lowest BCUT2D eigenvalue weighted by Crippen LogP contribution is -2.37. The maximum atomic E-state index is 5.77. The summed E-state index contributed by atoms with van der Waals surface area (Å²) in [7, 11) is 2.06. The Hall–Kier alpha value is -0.120. The molecule has 0 aromatic heterocycles. The van der Waals surface area contributed by atoms with Gasteiger partial charge in [-0.15, -0.1) is 0 Å². The maximum Gasteiger partial charge on any atom is 0.0469 e. The Morgan fingerprint density at radius 2 is 2.00 bits per heavy atom. The van der Waals surface area contributed by atoms with Gasteiger partial charge in [-0.25, -0.2) is 0 Å². The zero-order chi connectivity index (χ0) is 10.4. The summed E-state index contributed by atoms with van der Waals surface area (Å²) in [5, 5.41) is 3.42. The van der Waals surface area contributed by atoms with Crippen molar-refractivity contribution in [2.24, 2.45) is 11.7 Å². The summed E-state index contributed by atoms with van der Waals surface area (Å²) in [5.74, 6) is 0.785. The van der Waals surface area contributed by atoms with Crippen molar-refractivity contribution in [1.82, 2.24) is 5.32 Å². The van der Waals surface area contributed by atoms with Crippen molar-refractivity contribution in [3.05, 3.63) is 0 Å². The molecule has 84 valence electrons. The topological polar surface area (TPSA) is 47.3 Å². The molecule has 3 nitrogen and oxygen atoms in total. The van der Waals surface area contributed by atoms with Crippen molar-refractivity contribution in [2.75, 3.05) is 20.3 Å². The van der Waals surface area contributed by atoms with Crippen molar-refractivity contribution < 1.29 is 4.74 Å². The van der Waals surface area contributed by atoms with Gasteiger partial charge >= 0.3 is 0 Å². The van der Waals surface area contributed by atoms with E-state index < -0.39 is 0 Å². The Kier molecular flexibility index (Phi) is 5.45. The first-order valence-corrected chi connectivity index (χ1v) is 5.74. The molecule has 0 bridgehead atoms. The van der Waals surface area contributed by atoms with Gasteiger partial charge in [-0.2, -0.15) is 0 Å². The van der Waals surface area contributed by atoms with Gasteiger partial charge in [-0.1, -0.05) is 0 Å². The molecule has 1 aliphatic heterocycles. The highest BCUT2D eigenvalue weighted by Crippen LogP contribution is 2.21. The van der Waals surface area contributed by atoms with Crippen LogP contribution in [0.2, 0.25) is 0 Å². The minimum Gasteiger partial charge on any atom is -0.381 e. The van der Waals surface area contributed by atoms with Crippen LogP contribution in [0.3, 0.4) is 0 Å². The summed E-state index contributed by atoms with van der Waals surface area (Å²) in [6.07, 6.45) is 4.70. The maximum absolute atomic E-state index is 5.77. The van der Waals surface area contributed by atoms with Gasteiger partial charge in [0.1, 0.15) is 0 Å². The third-order valence-electron chi connectivity index (χ3n) is 3.14. The number of hydrogen-bond donors (Lipinski definition) is 2. The quantitative estimate of drug-likeness (QED) is 0.699. The second kappa shape index (κ2) is 6.38. The molecular formula is C11H24N2O. The lowest BCUT2D eigenvalue weighted by Gasteiger charge is -2.30. The summed E-state index contributed by atoms with van der Waals surface area (Å²) < 4.78 is 5.37.